The van der Waals surface area contributed by atoms with Gasteiger partial charge in [-0.05, 0) is 55.3 Å². The third-order valence-electron chi connectivity index (χ3n) is 7.91. The Morgan fingerprint density at radius 2 is 1.77 bits per heavy atom. The number of allylic oxidation sites excluding steroid dienone is 1. The number of Topliss-reactive ketones (excluding diaryl/α,β-unsaturated/α-hetero) is 1. The molecule has 2 bridgehead atoms. The summed E-state index contributed by atoms with van der Waals surface area (Å²) in [4.78, 5) is 26.6. The van der Waals surface area contributed by atoms with Crippen LogP contribution in [0.1, 0.15) is 46.1 Å². The minimum atomic E-state index is -1.93. The first kappa shape index (κ1) is 21.5. The van der Waals surface area contributed by atoms with Gasteiger partial charge in [0, 0.05) is 23.5 Å². The number of esters is 1. The van der Waals surface area contributed by atoms with Crippen LogP contribution in [0.2, 0.25) is 18.1 Å². The Labute approximate surface area is 181 Å². The second-order valence-corrected chi connectivity index (χ2v) is 15.4. The van der Waals surface area contributed by atoms with E-state index in [1.54, 1.807) is 0 Å². The van der Waals surface area contributed by atoms with E-state index in [2.05, 4.69) is 33.9 Å². The van der Waals surface area contributed by atoms with Gasteiger partial charge in [-0.3, -0.25) is 4.79 Å². The molecule has 0 aromatic heterocycles. The van der Waals surface area contributed by atoms with Crippen molar-refractivity contribution in [2.24, 2.45) is 23.7 Å². The molecular weight excluding hydrogens is 392 g/mol. The molecule has 0 amide bonds. The molecule has 5 atom stereocenters. The minimum absolute atomic E-state index is 0.0692. The van der Waals surface area contributed by atoms with Crippen molar-refractivity contribution in [3.05, 3.63) is 41.5 Å². The molecule has 0 radical (unpaired) electrons. The third kappa shape index (κ3) is 3.30. The average molecular weight is 427 g/mol. The molecule has 3 aliphatic rings. The lowest BCUT2D eigenvalue weighted by Crippen LogP contribution is -2.47. The first-order valence-corrected chi connectivity index (χ1v) is 14.2. The number of fused-ring (bicyclic) bond motifs is 5. The molecule has 2 fully saturated rings. The number of benzene rings is 1. The maximum absolute atomic E-state index is 13.5. The van der Waals surface area contributed by atoms with E-state index < -0.39 is 8.32 Å². The van der Waals surface area contributed by atoms with Gasteiger partial charge in [-0.25, -0.2) is 4.79 Å². The quantitative estimate of drug-likeness (QED) is 0.477. The molecule has 2 saturated carbocycles. The molecule has 1 aromatic rings. The van der Waals surface area contributed by atoms with E-state index in [1.807, 2.05) is 37.3 Å². The van der Waals surface area contributed by atoms with Crippen LogP contribution in [0.4, 0.5) is 0 Å². The largest absolute Gasteiger partial charge is 0.463 e. The van der Waals surface area contributed by atoms with Crippen molar-refractivity contribution in [2.75, 3.05) is 6.61 Å². The highest BCUT2D eigenvalue weighted by molar-refractivity contribution is 6.74. The maximum Gasteiger partial charge on any atom is 0.335 e. The predicted molar refractivity (Wildman–Crippen MR) is 120 cm³/mol. The normalized spacial score (nSPS) is 30.7. The van der Waals surface area contributed by atoms with Gasteiger partial charge in [-0.2, -0.15) is 0 Å². The van der Waals surface area contributed by atoms with E-state index in [0.29, 0.717) is 23.7 Å². The number of hydrogen-bond acceptors (Lipinski definition) is 4. The van der Waals surface area contributed by atoms with E-state index in [9.17, 15) is 9.59 Å². The predicted octanol–water partition coefficient (Wildman–Crippen LogP) is 5.25. The average Bonchev–Trinajstić information content (AvgIpc) is 3.31. The van der Waals surface area contributed by atoms with Gasteiger partial charge >= 0.3 is 5.97 Å². The number of hydrogen-bond donors (Lipinski definition) is 0. The van der Waals surface area contributed by atoms with Gasteiger partial charge in [0.15, 0.2) is 14.1 Å². The fraction of sp³-hybridized carbons (Fsp3) is 0.600. The highest BCUT2D eigenvalue weighted by Gasteiger charge is 2.63. The van der Waals surface area contributed by atoms with Crippen LogP contribution in [-0.4, -0.2) is 32.8 Å². The zero-order valence-electron chi connectivity index (χ0n) is 19.0. The molecule has 0 aliphatic heterocycles. The molecule has 0 saturated heterocycles. The van der Waals surface area contributed by atoms with Crippen LogP contribution in [0.3, 0.4) is 0 Å². The van der Waals surface area contributed by atoms with Crippen molar-refractivity contribution in [3.63, 3.8) is 0 Å². The van der Waals surface area contributed by atoms with Crippen LogP contribution in [0, 0.1) is 23.7 Å². The lowest BCUT2D eigenvalue weighted by atomic mass is 9.77. The first-order chi connectivity index (χ1) is 14.1. The standard InChI is InChI=1S/C25H34O4Si/c1-7-28-24(27)22-19(15-11-9-8-10-12-15)23(26)20-16-13-17(21(20)22)18(14-16)29-30(5,6)25(2,3)4/h8-12,16-18,20-21H,7,13-14H2,1-6H3/t16-,17+,18+,20-,21+/m0/s1. The van der Waals surface area contributed by atoms with E-state index >= 15 is 0 Å². The number of carbonyl (C=O) groups is 2. The molecule has 0 N–H and O–H groups in total. The van der Waals surface area contributed by atoms with Gasteiger partial charge < -0.3 is 9.16 Å². The summed E-state index contributed by atoms with van der Waals surface area (Å²) in [5.74, 6) is 0.166. The molecule has 1 aromatic carbocycles. The Balaban J connectivity index is 1.73. The third-order valence-corrected chi connectivity index (χ3v) is 12.4. The van der Waals surface area contributed by atoms with Crippen molar-refractivity contribution in [1.82, 2.24) is 0 Å². The van der Waals surface area contributed by atoms with Crippen LogP contribution in [0.25, 0.3) is 5.57 Å². The molecule has 3 aliphatic carbocycles. The van der Waals surface area contributed by atoms with Crippen LogP contribution in [-0.2, 0) is 18.8 Å². The fourth-order valence-electron chi connectivity index (χ4n) is 5.58. The molecule has 0 unspecified atom stereocenters. The molecule has 4 rings (SSSR count). The Morgan fingerprint density at radius 3 is 2.37 bits per heavy atom. The summed E-state index contributed by atoms with van der Waals surface area (Å²) in [5, 5.41) is 0.134. The Hall–Kier alpha value is -1.72. The Bertz CT molecular complexity index is 880. The summed E-state index contributed by atoms with van der Waals surface area (Å²) in [6.07, 6.45) is 2.04. The van der Waals surface area contributed by atoms with Crippen molar-refractivity contribution < 1.29 is 18.8 Å². The highest BCUT2D eigenvalue weighted by atomic mass is 28.4. The SMILES string of the molecule is CCOC(=O)C1=C(c2ccccc2)C(=O)[C@H]2[C@H]3C[C@@H]([C@@H]12)[C@H](O[Si](C)(C)C(C)(C)C)C3. The number of ether oxygens (including phenoxy) is 1. The fourth-order valence-corrected chi connectivity index (χ4v) is 6.96. The summed E-state index contributed by atoms with van der Waals surface area (Å²) >= 11 is 0. The highest BCUT2D eigenvalue weighted by Crippen LogP contribution is 2.62. The number of rotatable bonds is 5. The molecular formula is C25H34O4Si. The van der Waals surface area contributed by atoms with E-state index in [-0.39, 0.29) is 40.6 Å². The van der Waals surface area contributed by atoms with Crippen molar-refractivity contribution >= 4 is 25.6 Å². The Morgan fingerprint density at radius 1 is 1.10 bits per heavy atom. The summed E-state index contributed by atoms with van der Waals surface area (Å²) < 4.78 is 12.3. The maximum atomic E-state index is 13.5. The minimum Gasteiger partial charge on any atom is -0.463 e. The summed E-state index contributed by atoms with van der Waals surface area (Å²) in [6.45, 7) is 13.5. The topological polar surface area (TPSA) is 52.6 Å². The molecule has 0 spiro atoms. The second-order valence-electron chi connectivity index (χ2n) is 10.6. The smallest absolute Gasteiger partial charge is 0.335 e. The van der Waals surface area contributed by atoms with Crippen LogP contribution in [0.15, 0.2) is 35.9 Å². The molecule has 30 heavy (non-hydrogen) atoms. The molecule has 4 nitrogen and oxygen atoms in total. The monoisotopic (exact) mass is 426 g/mol. The lowest BCUT2D eigenvalue weighted by molar-refractivity contribution is -0.139. The van der Waals surface area contributed by atoms with E-state index in [1.165, 1.54) is 0 Å². The van der Waals surface area contributed by atoms with Gasteiger partial charge in [-0.1, -0.05) is 51.1 Å². The molecule has 0 heterocycles. The number of carbonyl (C=O) groups excluding carboxylic acids is 2. The van der Waals surface area contributed by atoms with Crippen LogP contribution >= 0.6 is 0 Å². The first-order valence-electron chi connectivity index (χ1n) is 11.3. The number of ketones is 1. The zero-order chi connectivity index (χ0) is 21.8. The second kappa shape index (κ2) is 7.45. The lowest BCUT2D eigenvalue weighted by Gasteiger charge is -2.42. The van der Waals surface area contributed by atoms with Crippen molar-refractivity contribution in [2.45, 2.75) is 64.8 Å². The summed E-state index contributed by atoms with van der Waals surface area (Å²) in [7, 11) is -1.93. The molecule has 5 heteroatoms. The summed E-state index contributed by atoms with van der Waals surface area (Å²) in [5.41, 5.74) is 2.03. The summed E-state index contributed by atoms with van der Waals surface area (Å²) in [6, 6.07) is 9.63. The Kier molecular flexibility index (Phi) is 5.34. The van der Waals surface area contributed by atoms with Gasteiger partial charge in [-0.15, -0.1) is 0 Å². The van der Waals surface area contributed by atoms with Crippen molar-refractivity contribution in [3.8, 4) is 0 Å². The van der Waals surface area contributed by atoms with Gasteiger partial charge in [0.2, 0.25) is 0 Å². The van der Waals surface area contributed by atoms with Gasteiger partial charge in [0.1, 0.15) is 0 Å². The molecule has 162 valence electrons. The zero-order valence-corrected chi connectivity index (χ0v) is 20.0. The van der Waals surface area contributed by atoms with E-state index in [4.69, 9.17) is 9.16 Å². The van der Waals surface area contributed by atoms with Crippen LogP contribution in [0.5, 0.6) is 0 Å². The van der Waals surface area contributed by atoms with E-state index in [0.717, 1.165) is 18.4 Å². The van der Waals surface area contributed by atoms with Gasteiger partial charge in [0.05, 0.1) is 12.2 Å². The van der Waals surface area contributed by atoms with Gasteiger partial charge in [0.25, 0.3) is 0 Å². The van der Waals surface area contributed by atoms with Crippen LogP contribution < -0.4 is 0 Å². The van der Waals surface area contributed by atoms with Crippen molar-refractivity contribution in [1.29, 1.82) is 0 Å².